The van der Waals surface area contributed by atoms with Crippen molar-refractivity contribution >= 4 is 28.7 Å². The average molecular weight is 451 g/mol. The lowest BCUT2D eigenvalue weighted by Gasteiger charge is -2.14. The molecule has 2 aromatic rings. The molecule has 1 amide bonds. The van der Waals surface area contributed by atoms with Crippen LogP contribution in [0.5, 0.6) is 0 Å². The smallest absolute Gasteiger partial charge is 0.297 e. The zero-order valence-electron chi connectivity index (χ0n) is 15.7. The van der Waals surface area contributed by atoms with Crippen LogP contribution in [0.15, 0.2) is 24.3 Å². The van der Waals surface area contributed by atoms with Crippen LogP contribution in [0.1, 0.15) is 15.9 Å². The number of carbonyl (C=O) groups is 1. The molecule has 0 fully saturated rings. The molecule has 168 valence electrons. The minimum atomic E-state index is -1.60. The molecule has 0 aliphatic heterocycles. The first-order valence-electron chi connectivity index (χ1n) is 8.41. The van der Waals surface area contributed by atoms with E-state index >= 15 is 0 Å². The Hall–Kier alpha value is -4.57. The Morgan fingerprint density at radius 3 is 1.78 bits per heavy atom. The molecule has 2 rings (SSSR count). The Balaban J connectivity index is 3.22. The number of amides is 1. The summed E-state index contributed by atoms with van der Waals surface area (Å²) >= 11 is 0. The first kappa shape index (κ1) is 23.7. The maximum absolute atomic E-state index is 12.1. The fourth-order valence-electron chi connectivity index (χ4n) is 3.12. The second-order valence-corrected chi connectivity index (χ2v) is 6.26. The molecular formula is C16H13N5O11. The third-order valence-corrected chi connectivity index (χ3v) is 4.32. The van der Waals surface area contributed by atoms with Crippen molar-refractivity contribution < 1.29 is 34.7 Å². The van der Waals surface area contributed by atoms with Gasteiger partial charge in [-0.05, 0) is 11.6 Å². The van der Waals surface area contributed by atoms with Crippen molar-refractivity contribution in [3.63, 3.8) is 0 Å². The summed E-state index contributed by atoms with van der Waals surface area (Å²) in [5.41, 5.74) is -3.20. The van der Waals surface area contributed by atoms with E-state index in [2.05, 4.69) is 0 Å². The van der Waals surface area contributed by atoms with E-state index in [1.165, 1.54) is 0 Å². The van der Waals surface area contributed by atoms with Crippen LogP contribution < -0.4 is 5.73 Å². The number of hydrogen-bond acceptors (Lipinski definition) is 11. The molecule has 0 heterocycles. The van der Waals surface area contributed by atoms with Gasteiger partial charge in [0.2, 0.25) is 0 Å². The van der Waals surface area contributed by atoms with Gasteiger partial charge in [0.1, 0.15) is 5.56 Å². The molecule has 0 spiro atoms. The van der Waals surface area contributed by atoms with Crippen molar-refractivity contribution in [2.24, 2.45) is 5.73 Å². The Morgan fingerprint density at radius 2 is 1.41 bits per heavy atom. The number of nitro groups is 4. The Kier molecular flexibility index (Phi) is 6.71. The predicted molar refractivity (Wildman–Crippen MR) is 104 cm³/mol. The Bertz CT molecular complexity index is 1130. The average Bonchev–Trinajstić information content (AvgIpc) is 2.71. The molecule has 1 atom stereocenters. The highest BCUT2D eigenvalue weighted by molar-refractivity contribution is 6.05. The van der Waals surface area contributed by atoms with E-state index in [1.807, 2.05) is 0 Å². The molecule has 32 heavy (non-hydrogen) atoms. The number of hydrogen-bond donors (Lipinski definition) is 3. The second-order valence-electron chi connectivity index (χ2n) is 6.26. The van der Waals surface area contributed by atoms with Gasteiger partial charge in [-0.15, -0.1) is 0 Å². The van der Waals surface area contributed by atoms with Crippen LogP contribution in [0.2, 0.25) is 0 Å². The SMILES string of the molecule is NC(=O)c1c(CC(O)CO)cc([N+](=O)[O-])c(-c2c([N+](=O)[O-])cccc2[N+](=O)[O-])c1[N+](=O)[O-]. The molecule has 0 bridgehead atoms. The Morgan fingerprint density at radius 1 is 0.906 bits per heavy atom. The number of nitrogens with zero attached hydrogens (tertiary/aromatic N) is 4. The molecule has 0 saturated heterocycles. The van der Waals surface area contributed by atoms with Gasteiger partial charge in [0.05, 0.1) is 32.4 Å². The number of primary amides is 1. The first-order chi connectivity index (χ1) is 14.9. The molecule has 0 radical (unpaired) electrons. The van der Waals surface area contributed by atoms with Crippen LogP contribution in [0.3, 0.4) is 0 Å². The van der Waals surface area contributed by atoms with Crippen LogP contribution in [-0.2, 0) is 6.42 Å². The van der Waals surface area contributed by atoms with E-state index in [9.17, 15) is 50.4 Å². The summed E-state index contributed by atoms with van der Waals surface area (Å²) in [7, 11) is 0. The van der Waals surface area contributed by atoms with Gasteiger partial charge in [0, 0.05) is 24.6 Å². The van der Waals surface area contributed by atoms with Crippen LogP contribution in [0.25, 0.3) is 11.1 Å². The molecule has 4 N–H and O–H groups in total. The van der Waals surface area contributed by atoms with Gasteiger partial charge >= 0.3 is 0 Å². The van der Waals surface area contributed by atoms with Gasteiger partial charge in [-0.2, -0.15) is 0 Å². The van der Waals surface area contributed by atoms with E-state index < -0.39 is 89.7 Å². The summed E-state index contributed by atoms with van der Waals surface area (Å²) in [5, 5.41) is 65.3. The van der Waals surface area contributed by atoms with Crippen LogP contribution in [0.4, 0.5) is 22.7 Å². The number of nitrogens with two attached hydrogens (primary N) is 1. The molecule has 0 saturated carbocycles. The van der Waals surface area contributed by atoms with Crippen LogP contribution in [-0.4, -0.2) is 48.5 Å². The lowest BCUT2D eigenvalue weighted by molar-refractivity contribution is -0.397. The molecule has 16 nitrogen and oxygen atoms in total. The normalized spacial score (nSPS) is 11.6. The van der Waals surface area contributed by atoms with Crippen molar-refractivity contribution in [3.05, 3.63) is 75.8 Å². The zero-order valence-corrected chi connectivity index (χ0v) is 15.7. The minimum absolute atomic E-state index is 0.512. The topological polar surface area (TPSA) is 256 Å². The van der Waals surface area contributed by atoms with E-state index in [0.29, 0.717) is 6.07 Å². The lowest BCUT2D eigenvalue weighted by Crippen LogP contribution is -2.22. The maximum Gasteiger partial charge on any atom is 0.297 e. The molecule has 0 aliphatic rings. The fourth-order valence-corrected chi connectivity index (χ4v) is 3.12. The van der Waals surface area contributed by atoms with Gasteiger partial charge in [0.25, 0.3) is 28.7 Å². The van der Waals surface area contributed by atoms with Gasteiger partial charge < -0.3 is 15.9 Å². The summed E-state index contributed by atoms with van der Waals surface area (Å²) < 4.78 is 0. The highest BCUT2D eigenvalue weighted by atomic mass is 16.6. The third kappa shape index (κ3) is 4.30. The molecular weight excluding hydrogens is 438 g/mol. The lowest BCUT2D eigenvalue weighted by atomic mass is 9.90. The largest absolute Gasteiger partial charge is 0.394 e. The van der Waals surface area contributed by atoms with E-state index in [-0.39, 0.29) is 0 Å². The van der Waals surface area contributed by atoms with Gasteiger partial charge in [-0.3, -0.25) is 45.3 Å². The van der Waals surface area contributed by atoms with Crippen molar-refractivity contribution in [2.75, 3.05) is 6.61 Å². The standard InChI is InChI=1S/C16H13N5O11/c17-16(24)12-7(4-8(23)6-22)5-11(20(29)30)14(15(12)21(31)32)13-9(18(25)26)2-1-3-10(13)19(27)28/h1-3,5,8,22-23H,4,6H2,(H2,17,24). The first-order valence-corrected chi connectivity index (χ1v) is 8.41. The summed E-state index contributed by atoms with van der Waals surface area (Å²) in [6.45, 7) is -0.878. The number of rotatable bonds is 9. The summed E-state index contributed by atoms with van der Waals surface area (Å²) in [5.74, 6) is -1.49. The van der Waals surface area contributed by atoms with E-state index in [4.69, 9.17) is 10.8 Å². The van der Waals surface area contributed by atoms with Crippen LogP contribution >= 0.6 is 0 Å². The van der Waals surface area contributed by atoms with Crippen molar-refractivity contribution in [1.82, 2.24) is 0 Å². The number of aliphatic hydroxyl groups is 2. The highest BCUT2D eigenvalue weighted by Gasteiger charge is 2.41. The van der Waals surface area contributed by atoms with Crippen LogP contribution in [0, 0.1) is 40.5 Å². The van der Waals surface area contributed by atoms with Crippen molar-refractivity contribution in [1.29, 1.82) is 0 Å². The molecule has 1 unspecified atom stereocenters. The monoisotopic (exact) mass is 451 g/mol. The van der Waals surface area contributed by atoms with E-state index in [1.54, 1.807) is 0 Å². The van der Waals surface area contributed by atoms with Gasteiger partial charge in [-0.25, -0.2) is 0 Å². The van der Waals surface area contributed by atoms with Crippen molar-refractivity contribution in [3.8, 4) is 11.1 Å². The van der Waals surface area contributed by atoms with Crippen molar-refractivity contribution in [2.45, 2.75) is 12.5 Å². The zero-order chi connectivity index (χ0) is 24.3. The predicted octanol–water partition coefficient (Wildman–Crippen LogP) is 0.981. The number of nitro benzene ring substituents is 4. The highest BCUT2D eigenvalue weighted by Crippen LogP contribution is 2.49. The van der Waals surface area contributed by atoms with E-state index in [0.717, 1.165) is 18.2 Å². The second kappa shape index (κ2) is 9.06. The number of aliphatic hydroxyl groups excluding tert-OH is 2. The quantitative estimate of drug-likeness (QED) is 0.357. The molecule has 16 heteroatoms. The number of carbonyl (C=O) groups excluding carboxylic acids is 1. The molecule has 0 aliphatic carbocycles. The molecule has 2 aromatic carbocycles. The van der Waals surface area contributed by atoms with Gasteiger partial charge in [-0.1, -0.05) is 0 Å². The summed E-state index contributed by atoms with van der Waals surface area (Å²) in [4.78, 5) is 53.9. The number of benzene rings is 2. The fraction of sp³-hybridized carbons (Fsp3) is 0.188. The minimum Gasteiger partial charge on any atom is -0.394 e. The molecule has 0 aromatic heterocycles. The van der Waals surface area contributed by atoms with Gasteiger partial charge in [0.15, 0.2) is 11.1 Å². The summed E-state index contributed by atoms with van der Waals surface area (Å²) in [6.07, 6.45) is -2.28. The summed E-state index contributed by atoms with van der Waals surface area (Å²) in [6, 6.07) is 2.96. The third-order valence-electron chi connectivity index (χ3n) is 4.32. The Labute approximate surface area is 176 Å². The maximum atomic E-state index is 12.1.